The fourth-order valence-corrected chi connectivity index (χ4v) is 4.95. The van der Waals surface area contributed by atoms with Crippen molar-refractivity contribution in [2.45, 2.75) is 66.0 Å². The summed E-state index contributed by atoms with van der Waals surface area (Å²) >= 11 is 0. The van der Waals surface area contributed by atoms with Crippen LogP contribution in [0.3, 0.4) is 0 Å². The summed E-state index contributed by atoms with van der Waals surface area (Å²) in [4.78, 5) is 0. The van der Waals surface area contributed by atoms with Gasteiger partial charge in [-0.05, 0) is 47.8 Å². The summed E-state index contributed by atoms with van der Waals surface area (Å²) in [7, 11) is 0. The molecule has 1 saturated heterocycles. The Morgan fingerprint density at radius 1 is 1.00 bits per heavy atom. The molecule has 3 fully saturated rings. The second kappa shape index (κ2) is 3.48. The van der Waals surface area contributed by atoms with E-state index in [1.807, 2.05) is 0 Å². The molecular weight excluding hydrogens is 208 g/mol. The summed E-state index contributed by atoms with van der Waals surface area (Å²) in [6, 6.07) is 1.36. The van der Waals surface area contributed by atoms with E-state index < -0.39 is 0 Å². The maximum absolute atomic E-state index is 3.67. The zero-order valence-electron chi connectivity index (χ0n) is 12.0. The largest absolute Gasteiger partial charge is 0.254 e. The molecule has 2 heteroatoms. The van der Waals surface area contributed by atoms with Crippen LogP contribution in [-0.4, -0.2) is 12.1 Å². The van der Waals surface area contributed by atoms with Gasteiger partial charge < -0.3 is 0 Å². The van der Waals surface area contributed by atoms with Crippen LogP contribution in [0, 0.1) is 28.6 Å². The highest BCUT2D eigenvalue weighted by Gasteiger charge is 2.60. The third-order valence-corrected chi connectivity index (χ3v) is 6.09. The van der Waals surface area contributed by atoms with Gasteiger partial charge in [0.05, 0.1) is 0 Å². The molecule has 2 N–H and O–H groups in total. The number of hydrogen-bond donors (Lipinski definition) is 2. The monoisotopic (exact) mass is 236 g/mol. The molecule has 2 bridgehead atoms. The SMILES string of the molecule is CC(C)(C)C1CC2C(NN1)[C@@H]1CC[C@@H]2C1(C)C. The molecule has 3 rings (SSSR count). The molecule has 0 amide bonds. The lowest BCUT2D eigenvalue weighted by atomic mass is 9.73. The summed E-state index contributed by atoms with van der Waals surface area (Å²) in [5.74, 6) is 2.76. The van der Waals surface area contributed by atoms with Crippen molar-refractivity contribution in [3.05, 3.63) is 0 Å². The molecule has 3 aliphatic rings. The lowest BCUT2D eigenvalue weighted by molar-refractivity contribution is 0.0882. The summed E-state index contributed by atoms with van der Waals surface area (Å²) in [6.45, 7) is 12.1. The second-order valence-corrected chi connectivity index (χ2v) is 8.24. The third kappa shape index (κ3) is 1.60. The Kier molecular flexibility index (Phi) is 2.45. The molecule has 0 spiro atoms. The molecule has 17 heavy (non-hydrogen) atoms. The van der Waals surface area contributed by atoms with Gasteiger partial charge in [0.15, 0.2) is 0 Å². The minimum Gasteiger partial charge on any atom is -0.254 e. The average molecular weight is 236 g/mol. The van der Waals surface area contributed by atoms with Gasteiger partial charge in [-0.2, -0.15) is 0 Å². The van der Waals surface area contributed by atoms with Gasteiger partial charge in [0, 0.05) is 12.1 Å². The standard InChI is InChI=1S/C15H28N2/c1-14(2,3)12-8-9-10-6-7-11(15(10,4)5)13(9)17-16-12/h9-13,16-17H,6-8H2,1-5H3/t9?,10-,11-,12?,13?/m0/s1. The van der Waals surface area contributed by atoms with E-state index in [0.717, 1.165) is 23.8 Å². The van der Waals surface area contributed by atoms with Crippen LogP contribution in [0.5, 0.6) is 0 Å². The van der Waals surface area contributed by atoms with Gasteiger partial charge in [-0.3, -0.25) is 10.9 Å². The molecular formula is C15H28N2. The molecule has 3 unspecified atom stereocenters. The molecule has 0 aromatic rings. The van der Waals surface area contributed by atoms with Crippen molar-refractivity contribution in [3.8, 4) is 0 Å². The maximum atomic E-state index is 3.67. The molecule has 2 saturated carbocycles. The Morgan fingerprint density at radius 2 is 1.65 bits per heavy atom. The summed E-state index contributed by atoms with van der Waals surface area (Å²) < 4.78 is 0. The van der Waals surface area contributed by atoms with E-state index in [2.05, 4.69) is 45.5 Å². The van der Waals surface area contributed by atoms with E-state index in [4.69, 9.17) is 0 Å². The minimum atomic E-state index is 0.365. The van der Waals surface area contributed by atoms with E-state index in [1.165, 1.54) is 19.3 Å². The van der Waals surface area contributed by atoms with Crippen LogP contribution in [0.4, 0.5) is 0 Å². The van der Waals surface area contributed by atoms with Crippen molar-refractivity contribution >= 4 is 0 Å². The van der Waals surface area contributed by atoms with Crippen LogP contribution in [0.15, 0.2) is 0 Å². The molecule has 1 heterocycles. The normalized spacial score (nSPS) is 48.2. The van der Waals surface area contributed by atoms with Crippen molar-refractivity contribution in [3.63, 3.8) is 0 Å². The molecule has 2 nitrogen and oxygen atoms in total. The van der Waals surface area contributed by atoms with Gasteiger partial charge in [0.1, 0.15) is 0 Å². The van der Waals surface area contributed by atoms with E-state index in [-0.39, 0.29) is 0 Å². The third-order valence-electron chi connectivity index (χ3n) is 6.09. The van der Waals surface area contributed by atoms with Gasteiger partial charge in [-0.25, -0.2) is 0 Å². The minimum absolute atomic E-state index is 0.365. The van der Waals surface area contributed by atoms with Crippen LogP contribution in [0.2, 0.25) is 0 Å². The van der Waals surface area contributed by atoms with Crippen LogP contribution in [-0.2, 0) is 0 Å². The fraction of sp³-hybridized carbons (Fsp3) is 1.00. The Balaban J connectivity index is 1.81. The van der Waals surface area contributed by atoms with Crippen molar-refractivity contribution in [2.24, 2.45) is 28.6 Å². The topological polar surface area (TPSA) is 24.1 Å². The van der Waals surface area contributed by atoms with Gasteiger partial charge in [-0.15, -0.1) is 0 Å². The first-order valence-electron chi connectivity index (χ1n) is 7.33. The van der Waals surface area contributed by atoms with Crippen LogP contribution in [0.1, 0.15) is 53.9 Å². The Morgan fingerprint density at radius 3 is 2.29 bits per heavy atom. The maximum Gasteiger partial charge on any atom is 0.0278 e. The first kappa shape index (κ1) is 12.0. The van der Waals surface area contributed by atoms with Gasteiger partial charge in [0.2, 0.25) is 0 Å². The number of hydrogen-bond acceptors (Lipinski definition) is 2. The molecule has 2 aliphatic carbocycles. The number of rotatable bonds is 0. The zero-order valence-corrected chi connectivity index (χ0v) is 12.0. The molecule has 0 radical (unpaired) electrons. The first-order valence-corrected chi connectivity index (χ1v) is 7.33. The zero-order chi connectivity index (χ0) is 12.4. The average Bonchev–Trinajstić information content (AvgIpc) is 2.64. The summed E-state index contributed by atoms with van der Waals surface area (Å²) in [5, 5.41) is 0. The number of hydrazine groups is 1. The quantitative estimate of drug-likeness (QED) is 0.676. The Labute approximate surface area is 106 Å². The van der Waals surface area contributed by atoms with Gasteiger partial charge in [0.25, 0.3) is 0 Å². The lowest BCUT2D eigenvalue weighted by Gasteiger charge is -2.44. The highest BCUT2D eigenvalue weighted by atomic mass is 15.4. The van der Waals surface area contributed by atoms with E-state index in [9.17, 15) is 0 Å². The van der Waals surface area contributed by atoms with Gasteiger partial charge in [-0.1, -0.05) is 34.6 Å². The predicted octanol–water partition coefficient (Wildman–Crippen LogP) is 2.95. The van der Waals surface area contributed by atoms with E-state index in [1.54, 1.807) is 0 Å². The van der Waals surface area contributed by atoms with E-state index >= 15 is 0 Å². The van der Waals surface area contributed by atoms with E-state index in [0.29, 0.717) is 16.9 Å². The van der Waals surface area contributed by atoms with Crippen LogP contribution >= 0.6 is 0 Å². The summed E-state index contributed by atoms with van der Waals surface area (Å²) in [5.41, 5.74) is 8.21. The molecule has 0 aromatic heterocycles. The first-order chi connectivity index (χ1) is 7.82. The highest BCUT2D eigenvalue weighted by molar-refractivity contribution is 5.12. The van der Waals surface area contributed by atoms with Crippen molar-refractivity contribution < 1.29 is 0 Å². The van der Waals surface area contributed by atoms with Crippen molar-refractivity contribution in [2.75, 3.05) is 0 Å². The predicted molar refractivity (Wildman–Crippen MR) is 71.4 cm³/mol. The van der Waals surface area contributed by atoms with Crippen molar-refractivity contribution in [1.29, 1.82) is 0 Å². The number of nitrogens with one attached hydrogen (secondary N) is 2. The highest BCUT2D eigenvalue weighted by Crippen LogP contribution is 2.62. The lowest BCUT2D eigenvalue weighted by Crippen LogP contribution is -2.61. The second-order valence-electron chi connectivity index (χ2n) is 8.24. The molecule has 98 valence electrons. The molecule has 0 aromatic carbocycles. The van der Waals surface area contributed by atoms with Crippen LogP contribution in [0.25, 0.3) is 0 Å². The molecule has 5 atom stereocenters. The number of fused-ring (bicyclic) bond motifs is 5. The molecule has 1 aliphatic heterocycles. The van der Waals surface area contributed by atoms with Gasteiger partial charge >= 0.3 is 0 Å². The van der Waals surface area contributed by atoms with Crippen molar-refractivity contribution in [1.82, 2.24) is 10.9 Å². The Bertz CT molecular complexity index is 315. The summed E-state index contributed by atoms with van der Waals surface area (Å²) in [6.07, 6.45) is 4.27. The fourth-order valence-electron chi connectivity index (χ4n) is 4.95. The van der Waals surface area contributed by atoms with Crippen LogP contribution < -0.4 is 10.9 Å². The smallest absolute Gasteiger partial charge is 0.0278 e. The Hall–Kier alpha value is -0.0800.